The summed E-state index contributed by atoms with van der Waals surface area (Å²) < 4.78 is 6.94. The normalized spacial score (nSPS) is 12.3. The maximum Gasteiger partial charge on any atom is 0.236 e. The van der Waals surface area contributed by atoms with E-state index in [1.165, 1.54) is 11.8 Å². The zero-order valence-electron chi connectivity index (χ0n) is 15.7. The molecular formula is C18H22N6O2S. The fourth-order valence-electron chi connectivity index (χ4n) is 2.43. The predicted molar refractivity (Wildman–Crippen MR) is 104 cm³/mol. The van der Waals surface area contributed by atoms with Crippen LogP contribution in [0, 0.1) is 6.92 Å². The number of anilines is 1. The molecule has 0 aliphatic carbocycles. The molecule has 0 saturated heterocycles. The molecule has 142 valence electrons. The Morgan fingerprint density at radius 2 is 2.04 bits per heavy atom. The van der Waals surface area contributed by atoms with Gasteiger partial charge in [-0.3, -0.25) is 14.3 Å². The Balaban J connectivity index is 1.79. The van der Waals surface area contributed by atoms with E-state index in [0.29, 0.717) is 16.7 Å². The van der Waals surface area contributed by atoms with Crippen molar-refractivity contribution in [3.8, 4) is 5.69 Å². The van der Waals surface area contributed by atoms with Crippen LogP contribution in [0.5, 0.6) is 0 Å². The largest absolute Gasteiger partial charge is 0.360 e. The SMILES string of the molecule is Cc1cc(NC(=O)CSc2nnc([C@@H](C)N(C)C)n2-c2ccccc2)no1. The van der Waals surface area contributed by atoms with Gasteiger partial charge in [0.1, 0.15) is 5.76 Å². The first-order valence-electron chi connectivity index (χ1n) is 8.49. The second-order valence-corrected chi connectivity index (χ2v) is 7.25. The third kappa shape index (κ3) is 4.55. The summed E-state index contributed by atoms with van der Waals surface area (Å²) in [7, 11) is 3.99. The lowest BCUT2D eigenvalue weighted by Crippen LogP contribution is -2.21. The molecule has 0 aliphatic heterocycles. The van der Waals surface area contributed by atoms with Gasteiger partial charge >= 0.3 is 0 Å². The van der Waals surface area contributed by atoms with Crippen molar-refractivity contribution in [1.29, 1.82) is 0 Å². The van der Waals surface area contributed by atoms with E-state index in [2.05, 4.69) is 32.5 Å². The molecule has 2 heterocycles. The van der Waals surface area contributed by atoms with E-state index in [0.717, 1.165) is 11.5 Å². The Labute approximate surface area is 161 Å². The number of rotatable bonds is 7. The number of hydrogen-bond acceptors (Lipinski definition) is 7. The lowest BCUT2D eigenvalue weighted by Gasteiger charge is -2.20. The van der Waals surface area contributed by atoms with Crippen molar-refractivity contribution in [3.05, 3.63) is 48.0 Å². The number of aryl methyl sites for hydroxylation is 1. The number of carbonyl (C=O) groups is 1. The predicted octanol–water partition coefficient (Wildman–Crippen LogP) is 2.92. The van der Waals surface area contributed by atoms with Crippen LogP contribution in [0.3, 0.4) is 0 Å². The highest BCUT2D eigenvalue weighted by Crippen LogP contribution is 2.26. The van der Waals surface area contributed by atoms with Gasteiger partial charge in [-0.15, -0.1) is 10.2 Å². The summed E-state index contributed by atoms with van der Waals surface area (Å²) >= 11 is 1.33. The van der Waals surface area contributed by atoms with E-state index in [9.17, 15) is 4.79 Å². The summed E-state index contributed by atoms with van der Waals surface area (Å²) in [5.41, 5.74) is 0.959. The standard InChI is InChI=1S/C18H22N6O2S/c1-12-10-15(22-26-12)19-16(25)11-27-18-21-20-17(13(2)23(3)4)24(18)14-8-6-5-7-9-14/h5-10,13H,11H2,1-4H3,(H,19,22,25)/t13-/m1/s1. The number of thioether (sulfide) groups is 1. The molecule has 1 atom stereocenters. The average Bonchev–Trinajstić information content (AvgIpc) is 3.26. The second-order valence-electron chi connectivity index (χ2n) is 6.31. The zero-order chi connectivity index (χ0) is 19.4. The molecule has 3 aromatic rings. The Morgan fingerprint density at radius 1 is 1.30 bits per heavy atom. The van der Waals surface area contributed by atoms with Crippen molar-refractivity contribution in [2.24, 2.45) is 0 Å². The lowest BCUT2D eigenvalue weighted by atomic mass is 10.2. The third-order valence-corrected chi connectivity index (χ3v) is 4.98. The first kappa shape index (κ1) is 19.1. The molecule has 0 bridgehead atoms. The van der Waals surface area contributed by atoms with Crippen LogP contribution in [0.25, 0.3) is 5.69 Å². The van der Waals surface area contributed by atoms with Crippen molar-refractivity contribution in [2.75, 3.05) is 25.2 Å². The summed E-state index contributed by atoms with van der Waals surface area (Å²) in [4.78, 5) is 14.3. The van der Waals surface area contributed by atoms with E-state index in [4.69, 9.17) is 4.52 Å². The van der Waals surface area contributed by atoms with E-state index in [1.807, 2.05) is 49.0 Å². The molecule has 0 unspecified atom stereocenters. The van der Waals surface area contributed by atoms with Crippen molar-refractivity contribution in [3.63, 3.8) is 0 Å². The van der Waals surface area contributed by atoms with Crippen molar-refractivity contribution in [2.45, 2.75) is 25.0 Å². The minimum absolute atomic E-state index is 0.0685. The first-order chi connectivity index (χ1) is 13.0. The van der Waals surface area contributed by atoms with Crippen molar-refractivity contribution < 1.29 is 9.32 Å². The highest BCUT2D eigenvalue weighted by Gasteiger charge is 2.21. The Kier molecular flexibility index (Phi) is 5.92. The minimum Gasteiger partial charge on any atom is -0.360 e. The van der Waals surface area contributed by atoms with Gasteiger partial charge in [-0.05, 0) is 40.1 Å². The molecule has 1 aromatic carbocycles. The van der Waals surface area contributed by atoms with Crippen LogP contribution in [0.1, 0.15) is 24.6 Å². The van der Waals surface area contributed by atoms with Gasteiger partial charge in [0.15, 0.2) is 16.8 Å². The zero-order valence-corrected chi connectivity index (χ0v) is 16.5. The molecule has 2 aromatic heterocycles. The fraction of sp³-hybridized carbons (Fsp3) is 0.333. The van der Waals surface area contributed by atoms with Crippen LogP contribution in [-0.4, -0.2) is 50.6 Å². The third-order valence-electron chi connectivity index (χ3n) is 4.05. The van der Waals surface area contributed by atoms with Gasteiger partial charge in [0, 0.05) is 11.8 Å². The van der Waals surface area contributed by atoms with Gasteiger partial charge in [-0.2, -0.15) is 0 Å². The molecule has 1 amide bonds. The van der Waals surface area contributed by atoms with Crippen molar-refractivity contribution in [1.82, 2.24) is 24.8 Å². The molecule has 8 nitrogen and oxygen atoms in total. The van der Waals surface area contributed by atoms with Crippen LogP contribution >= 0.6 is 11.8 Å². The number of hydrogen-bond donors (Lipinski definition) is 1. The Hall–Kier alpha value is -2.65. The smallest absolute Gasteiger partial charge is 0.236 e. The van der Waals surface area contributed by atoms with Gasteiger partial charge in [0.25, 0.3) is 0 Å². The van der Waals surface area contributed by atoms with E-state index in [1.54, 1.807) is 13.0 Å². The molecule has 0 saturated carbocycles. The monoisotopic (exact) mass is 386 g/mol. The molecule has 27 heavy (non-hydrogen) atoms. The minimum atomic E-state index is -0.182. The van der Waals surface area contributed by atoms with Crippen LogP contribution < -0.4 is 5.32 Å². The summed E-state index contributed by atoms with van der Waals surface area (Å²) in [5, 5.41) is 15.8. The van der Waals surface area contributed by atoms with E-state index in [-0.39, 0.29) is 17.7 Å². The Morgan fingerprint density at radius 3 is 2.67 bits per heavy atom. The second kappa shape index (κ2) is 8.36. The lowest BCUT2D eigenvalue weighted by molar-refractivity contribution is -0.113. The van der Waals surface area contributed by atoms with Crippen LogP contribution in [0.15, 0.2) is 46.1 Å². The van der Waals surface area contributed by atoms with Crippen LogP contribution in [0.2, 0.25) is 0 Å². The summed E-state index contributed by atoms with van der Waals surface area (Å²) in [6.45, 7) is 3.84. The highest BCUT2D eigenvalue weighted by molar-refractivity contribution is 7.99. The van der Waals surface area contributed by atoms with Crippen LogP contribution in [-0.2, 0) is 4.79 Å². The molecule has 3 rings (SSSR count). The maximum atomic E-state index is 12.2. The molecule has 0 fully saturated rings. The van der Waals surface area contributed by atoms with Gasteiger partial charge < -0.3 is 9.84 Å². The molecule has 0 radical (unpaired) electrons. The van der Waals surface area contributed by atoms with E-state index >= 15 is 0 Å². The van der Waals surface area contributed by atoms with Gasteiger partial charge in [0.05, 0.1) is 11.8 Å². The average molecular weight is 386 g/mol. The van der Waals surface area contributed by atoms with Gasteiger partial charge in [0.2, 0.25) is 5.91 Å². The van der Waals surface area contributed by atoms with E-state index < -0.39 is 0 Å². The maximum absolute atomic E-state index is 12.2. The quantitative estimate of drug-likeness (QED) is 0.625. The number of para-hydroxylation sites is 1. The highest BCUT2D eigenvalue weighted by atomic mass is 32.2. The summed E-state index contributed by atoms with van der Waals surface area (Å²) in [6, 6.07) is 11.6. The number of amides is 1. The van der Waals surface area contributed by atoms with Crippen molar-refractivity contribution >= 4 is 23.5 Å². The number of nitrogens with zero attached hydrogens (tertiary/aromatic N) is 5. The topological polar surface area (TPSA) is 89.1 Å². The van der Waals surface area contributed by atoms with Gasteiger partial charge in [-0.25, -0.2) is 0 Å². The first-order valence-corrected chi connectivity index (χ1v) is 9.47. The number of benzene rings is 1. The van der Waals surface area contributed by atoms with Crippen LogP contribution in [0.4, 0.5) is 5.82 Å². The molecule has 0 aliphatic rings. The fourth-order valence-corrected chi connectivity index (χ4v) is 3.19. The summed E-state index contributed by atoms with van der Waals surface area (Å²) in [6.07, 6.45) is 0. The molecule has 1 N–H and O–H groups in total. The molecule has 0 spiro atoms. The molecular weight excluding hydrogens is 364 g/mol. The summed E-state index contributed by atoms with van der Waals surface area (Å²) in [5.74, 6) is 1.88. The Bertz CT molecular complexity index is 906. The molecule has 9 heteroatoms. The number of carbonyl (C=O) groups excluding carboxylic acids is 1. The number of nitrogens with one attached hydrogen (secondary N) is 1. The van der Waals surface area contributed by atoms with Gasteiger partial charge in [-0.1, -0.05) is 35.1 Å². The number of aromatic nitrogens is 4.